The van der Waals surface area contributed by atoms with Crippen LogP contribution < -0.4 is 14.8 Å². The molecule has 2 aromatic rings. The third-order valence-corrected chi connectivity index (χ3v) is 9.92. The van der Waals surface area contributed by atoms with E-state index in [2.05, 4.69) is 39.0 Å². The van der Waals surface area contributed by atoms with Gasteiger partial charge in [0.15, 0.2) is 0 Å². The molecule has 0 atom stereocenters. The van der Waals surface area contributed by atoms with Crippen molar-refractivity contribution in [3.05, 3.63) is 35.9 Å². The molecule has 2 aliphatic heterocycles. The Bertz CT molecular complexity index is 1210. The molecule has 14 heteroatoms. The fourth-order valence-corrected chi connectivity index (χ4v) is 6.95. The van der Waals surface area contributed by atoms with Crippen LogP contribution in [0.4, 0.5) is 13.2 Å². The first kappa shape index (κ1) is 32.3. The Morgan fingerprint density at radius 1 is 1.12 bits per heavy atom. The number of thiophene rings is 1. The van der Waals surface area contributed by atoms with Gasteiger partial charge < -0.3 is 25.0 Å². The lowest BCUT2D eigenvalue weighted by atomic mass is 10.0. The third kappa shape index (κ3) is 9.70. The van der Waals surface area contributed by atoms with E-state index in [4.69, 9.17) is 14.6 Å². The van der Waals surface area contributed by atoms with E-state index >= 15 is 0 Å². The number of nitrogens with zero attached hydrogens (tertiary/aromatic N) is 2. The number of alkyl halides is 3. The van der Waals surface area contributed by atoms with Crippen molar-refractivity contribution in [2.45, 2.75) is 48.7 Å². The van der Waals surface area contributed by atoms with Gasteiger partial charge in [0, 0.05) is 36.1 Å². The normalized spacial score (nSPS) is 17.4. The summed E-state index contributed by atoms with van der Waals surface area (Å²) in [5.41, 5.74) is 2.11. The zero-order chi connectivity index (χ0) is 29.3. The first-order chi connectivity index (χ1) is 18.9. The predicted molar refractivity (Wildman–Crippen MR) is 148 cm³/mol. The molecule has 0 amide bonds. The molecule has 2 aliphatic rings. The van der Waals surface area contributed by atoms with Crippen LogP contribution in [0, 0.1) is 0 Å². The number of ether oxygens (including phenoxy) is 1. The van der Waals surface area contributed by atoms with Crippen LogP contribution in [0.25, 0.3) is 10.4 Å². The van der Waals surface area contributed by atoms with Gasteiger partial charge in [-0.15, -0.1) is 11.3 Å². The lowest BCUT2D eigenvalue weighted by Crippen LogP contribution is -2.40. The van der Waals surface area contributed by atoms with Crippen LogP contribution in [0.5, 0.6) is 5.75 Å². The molecule has 40 heavy (non-hydrogen) atoms. The number of benzene rings is 1. The van der Waals surface area contributed by atoms with Crippen LogP contribution in [0.2, 0.25) is 0 Å². The van der Waals surface area contributed by atoms with Gasteiger partial charge in [-0.1, -0.05) is 6.07 Å². The van der Waals surface area contributed by atoms with Crippen molar-refractivity contribution in [3.8, 4) is 16.2 Å². The number of carbonyl (C=O) groups is 1. The number of rotatable bonds is 10. The zero-order valence-electron chi connectivity index (χ0n) is 22.7. The van der Waals surface area contributed by atoms with Crippen LogP contribution in [-0.4, -0.2) is 94.9 Å². The van der Waals surface area contributed by atoms with Gasteiger partial charge in [-0.05, 0) is 88.7 Å². The Kier molecular flexibility index (Phi) is 11.8. The molecule has 3 N–H and O–H groups in total. The van der Waals surface area contributed by atoms with E-state index in [0.29, 0.717) is 16.8 Å². The second kappa shape index (κ2) is 14.6. The number of halogens is 3. The Balaban J connectivity index is 0.000000559. The number of nitrogens with one attached hydrogen (secondary N) is 2. The summed E-state index contributed by atoms with van der Waals surface area (Å²) in [6.07, 6.45) is -0.349. The lowest BCUT2D eigenvalue weighted by Gasteiger charge is -2.29. The smallest absolute Gasteiger partial charge is 0.490 e. The van der Waals surface area contributed by atoms with Gasteiger partial charge in [0.2, 0.25) is 10.0 Å². The minimum atomic E-state index is -5.08. The highest BCUT2D eigenvalue weighted by molar-refractivity contribution is 7.91. The maximum atomic E-state index is 12.8. The van der Waals surface area contributed by atoms with Crippen molar-refractivity contribution in [3.63, 3.8) is 0 Å². The molecular weight excluding hydrogens is 569 g/mol. The molecule has 0 spiro atoms. The first-order valence-corrected chi connectivity index (χ1v) is 15.4. The summed E-state index contributed by atoms with van der Waals surface area (Å²) >= 11 is 1.29. The van der Waals surface area contributed by atoms with Crippen LogP contribution in [0.15, 0.2) is 34.5 Å². The van der Waals surface area contributed by atoms with Crippen LogP contribution in [-0.2, 0) is 21.4 Å². The fourth-order valence-electron chi connectivity index (χ4n) is 4.56. The predicted octanol–water partition coefficient (Wildman–Crippen LogP) is 3.61. The van der Waals surface area contributed by atoms with Gasteiger partial charge in [-0.25, -0.2) is 17.9 Å². The minimum Gasteiger partial charge on any atom is -0.496 e. The van der Waals surface area contributed by atoms with Crippen molar-refractivity contribution in [2.75, 3.05) is 53.4 Å². The number of aliphatic carboxylic acids is 1. The topological polar surface area (TPSA) is 111 Å². The standard InChI is InChI=1S/C24H36N4O3S2.C2HF3O2/c1-27-14-9-20(10-15-27)25-18-19-5-6-22(31-2)21(17-19)23-7-8-24(32-23)33(29,30)26-11-16-28-12-3-4-13-28;3-2(4,5)1(6)7/h5-8,17,20,25-26H,3-4,9-16,18H2,1-2H3;(H,6,7). The molecule has 3 heterocycles. The van der Waals surface area contributed by atoms with Gasteiger partial charge in [-0.2, -0.15) is 13.2 Å². The van der Waals surface area contributed by atoms with Gasteiger partial charge in [0.1, 0.15) is 9.96 Å². The summed E-state index contributed by atoms with van der Waals surface area (Å²) in [6.45, 7) is 6.38. The van der Waals surface area contributed by atoms with Crippen molar-refractivity contribution in [1.29, 1.82) is 0 Å². The van der Waals surface area contributed by atoms with Crippen LogP contribution in [0.1, 0.15) is 31.2 Å². The van der Waals surface area contributed by atoms with E-state index in [1.165, 1.54) is 29.7 Å². The molecule has 0 unspecified atom stereocenters. The molecule has 4 rings (SSSR count). The van der Waals surface area contributed by atoms with Gasteiger partial charge >= 0.3 is 12.1 Å². The molecule has 2 fully saturated rings. The molecule has 0 radical (unpaired) electrons. The summed E-state index contributed by atoms with van der Waals surface area (Å²) in [4.78, 5) is 14.5. The highest BCUT2D eigenvalue weighted by Gasteiger charge is 2.38. The molecule has 0 aliphatic carbocycles. The molecule has 0 bridgehead atoms. The Morgan fingerprint density at radius 3 is 2.38 bits per heavy atom. The Labute approximate surface area is 237 Å². The van der Waals surface area contributed by atoms with E-state index in [1.54, 1.807) is 13.2 Å². The summed E-state index contributed by atoms with van der Waals surface area (Å²) < 4.78 is 66.0. The number of piperidine rings is 1. The summed E-state index contributed by atoms with van der Waals surface area (Å²) in [6, 6.07) is 10.3. The van der Waals surface area contributed by atoms with Crippen molar-refractivity contribution in [1.82, 2.24) is 19.8 Å². The van der Waals surface area contributed by atoms with Crippen molar-refractivity contribution < 1.29 is 36.2 Å². The van der Waals surface area contributed by atoms with Gasteiger partial charge in [0.05, 0.1) is 7.11 Å². The van der Waals surface area contributed by atoms with Crippen molar-refractivity contribution in [2.24, 2.45) is 0 Å². The number of hydrogen-bond acceptors (Lipinski definition) is 8. The summed E-state index contributed by atoms with van der Waals surface area (Å²) in [5, 5.41) is 10.8. The Morgan fingerprint density at radius 2 is 1.77 bits per heavy atom. The molecule has 1 aromatic carbocycles. The van der Waals surface area contributed by atoms with E-state index in [9.17, 15) is 21.6 Å². The molecule has 1 aromatic heterocycles. The number of hydrogen-bond donors (Lipinski definition) is 3. The molecule has 224 valence electrons. The van der Waals surface area contributed by atoms with Crippen molar-refractivity contribution >= 4 is 27.3 Å². The maximum Gasteiger partial charge on any atom is 0.490 e. The minimum absolute atomic E-state index is 0.343. The Hall–Kier alpha value is -2.23. The SMILES string of the molecule is COc1ccc(CNC2CCN(C)CC2)cc1-c1ccc(S(=O)(=O)NCCN2CCCC2)s1.O=C(O)C(F)(F)F. The average Bonchev–Trinajstić information content (AvgIpc) is 3.61. The van der Waals surface area contributed by atoms with Gasteiger partial charge in [0.25, 0.3) is 0 Å². The summed E-state index contributed by atoms with van der Waals surface area (Å²) in [5.74, 6) is -2.00. The zero-order valence-corrected chi connectivity index (χ0v) is 24.3. The number of methoxy groups -OCH3 is 1. The molecular formula is C26H37F3N4O5S2. The monoisotopic (exact) mass is 606 g/mol. The number of likely N-dealkylation sites (tertiary alicyclic amines) is 2. The highest BCUT2D eigenvalue weighted by Crippen LogP contribution is 2.37. The molecule has 9 nitrogen and oxygen atoms in total. The fraction of sp³-hybridized carbons (Fsp3) is 0.577. The second-order valence-electron chi connectivity index (χ2n) is 9.86. The number of sulfonamides is 1. The second-order valence-corrected chi connectivity index (χ2v) is 12.9. The van der Waals surface area contributed by atoms with Crippen LogP contribution in [0.3, 0.4) is 0 Å². The highest BCUT2D eigenvalue weighted by atomic mass is 32.2. The number of carboxylic acids is 1. The lowest BCUT2D eigenvalue weighted by molar-refractivity contribution is -0.192. The molecule has 2 saturated heterocycles. The van der Waals surface area contributed by atoms with Gasteiger partial charge in [-0.3, -0.25) is 0 Å². The third-order valence-electron chi connectivity index (χ3n) is 6.85. The average molecular weight is 607 g/mol. The van der Waals surface area contributed by atoms with Crippen LogP contribution >= 0.6 is 11.3 Å². The van der Waals surface area contributed by atoms with E-state index in [1.807, 2.05) is 12.1 Å². The molecule has 0 saturated carbocycles. The van der Waals surface area contributed by atoms with E-state index in [0.717, 1.165) is 68.3 Å². The number of carboxylic acid groups (broad SMARTS) is 1. The van der Waals surface area contributed by atoms with E-state index < -0.39 is 22.2 Å². The largest absolute Gasteiger partial charge is 0.496 e. The van der Waals surface area contributed by atoms with E-state index in [-0.39, 0.29) is 0 Å². The quantitative estimate of drug-likeness (QED) is 0.376. The maximum absolute atomic E-state index is 12.8. The summed E-state index contributed by atoms with van der Waals surface area (Å²) in [7, 11) is 0.311. The first-order valence-electron chi connectivity index (χ1n) is 13.1.